The van der Waals surface area contributed by atoms with E-state index in [9.17, 15) is 14.7 Å². The molecule has 1 aliphatic rings. The molecule has 7 heteroatoms. The van der Waals surface area contributed by atoms with E-state index in [4.69, 9.17) is 14.2 Å². The average Bonchev–Trinajstić information content (AvgIpc) is 3.13. The molecule has 0 bridgehead atoms. The number of benzene rings is 3. The van der Waals surface area contributed by atoms with Crippen LogP contribution in [0.5, 0.6) is 17.2 Å². The van der Waals surface area contributed by atoms with Crippen LogP contribution in [0.2, 0.25) is 0 Å². The molecule has 0 aromatic heterocycles. The topological polar surface area (TPSA) is 85.3 Å². The molecular weight excluding hydrogens is 446 g/mol. The molecule has 7 nitrogen and oxygen atoms in total. The zero-order valence-corrected chi connectivity index (χ0v) is 20.3. The average molecular weight is 474 g/mol. The first kappa shape index (κ1) is 23.9. The van der Waals surface area contributed by atoms with Gasteiger partial charge in [-0.15, -0.1) is 0 Å². The molecule has 1 heterocycles. The van der Waals surface area contributed by atoms with Crippen molar-refractivity contribution in [1.29, 1.82) is 0 Å². The van der Waals surface area contributed by atoms with Crippen LogP contribution in [0.15, 0.2) is 66.2 Å². The second-order valence-electron chi connectivity index (χ2n) is 8.27. The number of rotatable bonds is 6. The largest absolute Gasteiger partial charge is 0.507 e. The van der Waals surface area contributed by atoms with Crippen LogP contribution in [0.3, 0.4) is 0 Å². The Morgan fingerprint density at radius 1 is 0.857 bits per heavy atom. The van der Waals surface area contributed by atoms with Crippen LogP contribution in [-0.4, -0.2) is 38.1 Å². The van der Waals surface area contributed by atoms with Gasteiger partial charge in [-0.05, 0) is 43.7 Å². The number of aliphatic hydroxyl groups excluding tert-OH is 1. The molecule has 0 radical (unpaired) electrons. The van der Waals surface area contributed by atoms with Crippen molar-refractivity contribution in [3.8, 4) is 17.2 Å². The zero-order valence-electron chi connectivity index (χ0n) is 20.3. The lowest BCUT2D eigenvalue weighted by atomic mass is 9.94. The number of Topliss-reactive ketones (excluding diaryl/α,β-unsaturated/α-hetero) is 1. The Morgan fingerprint density at radius 3 is 2.23 bits per heavy atom. The Morgan fingerprint density at radius 2 is 1.57 bits per heavy atom. The molecule has 0 aliphatic carbocycles. The monoisotopic (exact) mass is 473 g/mol. The number of aliphatic hydroxyl groups is 1. The molecule has 1 aliphatic heterocycles. The van der Waals surface area contributed by atoms with Crippen LogP contribution >= 0.6 is 0 Å². The summed E-state index contributed by atoms with van der Waals surface area (Å²) >= 11 is 0. The fourth-order valence-electron chi connectivity index (χ4n) is 4.48. The quantitative estimate of drug-likeness (QED) is 0.310. The summed E-state index contributed by atoms with van der Waals surface area (Å²) in [4.78, 5) is 28.4. The predicted octanol–water partition coefficient (Wildman–Crippen LogP) is 4.96. The number of anilines is 1. The van der Waals surface area contributed by atoms with E-state index in [1.54, 1.807) is 42.5 Å². The highest BCUT2D eigenvalue weighted by molar-refractivity contribution is 6.51. The molecule has 4 rings (SSSR count). The van der Waals surface area contributed by atoms with Gasteiger partial charge in [0.2, 0.25) is 0 Å². The van der Waals surface area contributed by atoms with Gasteiger partial charge in [0.05, 0.1) is 38.5 Å². The van der Waals surface area contributed by atoms with Crippen LogP contribution < -0.4 is 19.1 Å². The molecule has 1 fully saturated rings. The first-order valence-electron chi connectivity index (χ1n) is 11.1. The molecule has 180 valence electrons. The number of carbonyl (C=O) groups is 2. The summed E-state index contributed by atoms with van der Waals surface area (Å²) in [6.45, 7) is 3.84. The van der Waals surface area contributed by atoms with Crippen LogP contribution in [-0.2, 0) is 9.59 Å². The van der Waals surface area contributed by atoms with Gasteiger partial charge in [0, 0.05) is 17.3 Å². The minimum absolute atomic E-state index is 0.0528. The molecule has 0 saturated carbocycles. The molecular formula is C28H27NO6. The number of methoxy groups -OCH3 is 3. The lowest BCUT2D eigenvalue weighted by Crippen LogP contribution is -2.30. The second-order valence-corrected chi connectivity index (χ2v) is 8.27. The van der Waals surface area contributed by atoms with Crippen LogP contribution in [0.1, 0.15) is 28.3 Å². The number of hydrogen-bond acceptors (Lipinski definition) is 6. The van der Waals surface area contributed by atoms with E-state index in [-0.39, 0.29) is 16.9 Å². The van der Waals surface area contributed by atoms with Gasteiger partial charge in [0.1, 0.15) is 23.0 Å². The molecule has 0 spiro atoms. The van der Waals surface area contributed by atoms with Crippen molar-refractivity contribution < 1.29 is 28.9 Å². The molecule has 1 amide bonds. The fraction of sp³-hybridized carbons (Fsp3) is 0.214. The summed E-state index contributed by atoms with van der Waals surface area (Å²) in [5.41, 5.74) is 3.22. The molecule has 35 heavy (non-hydrogen) atoms. The summed E-state index contributed by atoms with van der Waals surface area (Å²) in [5, 5.41) is 11.5. The van der Waals surface area contributed by atoms with E-state index in [2.05, 4.69) is 0 Å². The van der Waals surface area contributed by atoms with Gasteiger partial charge in [0.15, 0.2) is 0 Å². The van der Waals surface area contributed by atoms with Crippen LogP contribution in [0.4, 0.5) is 5.69 Å². The van der Waals surface area contributed by atoms with Gasteiger partial charge in [-0.1, -0.05) is 35.9 Å². The Balaban J connectivity index is 2.02. The third-order valence-electron chi connectivity index (χ3n) is 6.15. The van der Waals surface area contributed by atoms with E-state index in [1.165, 1.54) is 26.2 Å². The van der Waals surface area contributed by atoms with Gasteiger partial charge in [0.25, 0.3) is 11.7 Å². The molecule has 1 saturated heterocycles. The van der Waals surface area contributed by atoms with E-state index in [0.29, 0.717) is 28.5 Å². The van der Waals surface area contributed by atoms with Gasteiger partial charge < -0.3 is 19.3 Å². The van der Waals surface area contributed by atoms with Crippen molar-refractivity contribution in [1.82, 2.24) is 0 Å². The van der Waals surface area contributed by atoms with E-state index >= 15 is 0 Å². The number of aryl methyl sites for hydroxylation is 2. The Hall–Kier alpha value is -4.26. The summed E-state index contributed by atoms with van der Waals surface area (Å²) in [6, 6.07) is 16.7. The highest BCUT2D eigenvalue weighted by atomic mass is 16.5. The molecule has 1 N–H and O–H groups in total. The number of ether oxygens (including phenoxy) is 3. The second kappa shape index (κ2) is 9.54. The van der Waals surface area contributed by atoms with E-state index < -0.39 is 17.7 Å². The van der Waals surface area contributed by atoms with Gasteiger partial charge in [-0.3, -0.25) is 14.5 Å². The summed E-state index contributed by atoms with van der Waals surface area (Å²) < 4.78 is 16.3. The first-order valence-corrected chi connectivity index (χ1v) is 11.1. The smallest absolute Gasteiger partial charge is 0.300 e. The number of amides is 1. The van der Waals surface area contributed by atoms with Crippen molar-refractivity contribution in [2.24, 2.45) is 0 Å². The minimum atomic E-state index is -0.917. The lowest BCUT2D eigenvalue weighted by molar-refractivity contribution is -0.132. The SMILES string of the molecule is COc1ccc(/C(O)=C2\C(=O)C(=O)N(c3ccc(C)cc3C)C2c2ccccc2OC)c(OC)c1. The Bertz CT molecular complexity index is 1340. The third kappa shape index (κ3) is 4.10. The maximum absolute atomic E-state index is 13.5. The highest BCUT2D eigenvalue weighted by Gasteiger charge is 2.48. The van der Waals surface area contributed by atoms with Crippen molar-refractivity contribution in [3.63, 3.8) is 0 Å². The normalized spacial score (nSPS) is 16.9. The lowest BCUT2D eigenvalue weighted by Gasteiger charge is -2.28. The third-order valence-corrected chi connectivity index (χ3v) is 6.15. The number of hydrogen-bond donors (Lipinski definition) is 1. The number of ketones is 1. The van der Waals surface area contributed by atoms with Crippen LogP contribution in [0, 0.1) is 13.8 Å². The predicted molar refractivity (Wildman–Crippen MR) is 133 cm³/mol. The van der Waals surface area contributed by atoms with Gasteiger partial charge >= 0.3 is 0 Å². The standard InChI is InChI=1S/C28H27NO6/c1-16-10-13-21(17(2)14-16)29-25(19-8-6-7-9-22(19)34-4)24(27(31)28(29)32)26(30)20-12-11-18(33-3)15-23(20)35-5/h6-15,25,30H,1-5H3/b26-24+. The maximum atomic E-state index is 13.5. The van der Waals surface area contributed by atoms with Crippen molar-refractivity contribution in [2.75, 3.05) is 26.2 Å². The molecule has 3 aromatic carbocycles. The summed E-state index contributed by atoms with van der Waals surface area (Å²) in [6.07, 6.45) is 0. The Labute approximate surface area is 204 Å². The zero-order chi connectivity index (χ0) is 25.3. The number of para-hydroxylation sites is 1. The number of carbonyl (C=O) groups excluding carboxylic acids is 2. The summed E-state index contributed by atoms with van der Waals surface area (Å²) in [5.74, 6) is -0.556. The van der Waals surface area contributed by atoms with E-state index in [0.717, 1.165) is 11.1 Å². The molecule has 3 aromatic rings. The number of nitrogens with zero attached hydrogens (tertiary/aromatic N) is 1. The van der Waals surface area contributed by atoms with Gasteiger partial charge in [-0.2, -0.15) is 0 Å². The maximum Gasteiger partial charge on any atom is 0.300 e. The van der Waals surface area contributed by atoms with Gasteiger partial charge in [-0.25, -0.2) is 0 Å². The minimum Gasteiger partial charge on any atom is -0.507 e. The first-order chi connectivity index (χ1) is 16.8. The van der Waals surface area contributed by atoms with Crippen molar-refractivity contribution >= 4 is 23.1 Å². The van der Waals surface area contributed by atoms with Crippen molar-refractivity contribution in [2.45, 2.75) is 19.9 Å². The Kier molecular flexibility index (Phi) is 6.51. The van der Waals surface area contributed by atoms with Crippen LogP contribution in [0.25, 0.3) is 5.76 Å². The molecule has 1 unspecified atom stereocenters. The summed E-state index contributed by atoms with van der Waals surface area (Å²) in [7, 11) is 4.50. The van der Waals surface area contributed by atoms with E-state index in [1.807, 2.05) is 32.0 Å². The van der Waals surface area contributed by atoms with Crippen molar-refractivity contribution in [3.05, 3.63) is 88.5 Å². The molecule has 1 atom stereocenters. The highest BCUT2D eigenvalue weighted by Crippen LogP contribution is 2.46. The fourth-order valence-corrected chi connectivity index (χ4v) is 4.48.